The molecule has 0 aliphatic carbocycles. The largest absolute Gasteiger partial charge is 0.465 e. The first-order chi connectivity index (χ1) is 15.1. The first-order valence-electron chi connectivity index (χ1n) is 10.2. The molecule has 32 heavy (non-hydrogen) atoms. The Balaban J connectivity index is 1.81. The summed E-state index contributed by atoms with van der Waals surface area (Å²) in [5, 5.41) is 9.34. The summed E-state index contributed by atoms with van der Waals surface area (Å²) in [6.07, 6.45) is 3.69. The van der Waals surface area contributed by atoms with E-state index in [-0.39, 0.29) is 12.2 Å². The minimum atomic E-state index is -0.923. The lowest BCUT2D eigenvalue weighted by molar-refractivity contribution is 0.0594. The van der Waals surface area contributed by atoms with Gasteiger partial charge in [-0.2, -0.15) is 5.10 Å². The molecule has 0 fully saturated rings. The predicted molar refractivity (Wildman–Crippen MR) is 112 cm³/mol. The molecule has 172 valence electrons. The van der Waals surface area contributed by atoms with Crippen molar-refractivity contribution in [1.82, 2.24) is 20.1 Å². The fourth-order valence-corrected chi connectivity index (χ4v) is 3.43. The molecule has 3 heterocycles. The summed E-state index contributed by atoms with van der Waals surface area (Å²) in [5.41, 5.74) is 0.0730. The van der Waals surface area contributed by atoms with Crippen molar-refractivity contribution < 1.29 is 28.2 Å². The molecular weight excluding hydrogens is 421 g/mol. The summed E-state index contributed by atoms with van der Waals surface area (Å²) >= 11 is 0. The standard InChI is InChI=1S/C21H26FN5O5/c1-21(2,3)32-20(30)25-13-10-23-9-12(22)16(13)18(28)24-11-14-17(19(29)31-4)15-7-5-6-8-27(15)26-14/h9-10H,5-8,11H2,1-4H3,(H,24,28)(H,25,30). The Morgan fingerprint density at radius 3 is 2.62 bits per heavy atom. The van der Waals surface area contributed by atoms with Gasteiger partial charge >= 0.3 is 12.1 Å². The van der Waals surface area contributed by atoms with Crippen molar-refractivity contribution in [3.63, 3.8) is 0 Å². The maximum Gasteiger partial charge on any atom is 0.412 e. The summed E-state index contributed by atoms with van der Waals surface area (Å²) in [6.45, 7) is 5.56. The number of esters is 1. The number of nitrogens with zero attached hydrogens (tertiary/aromatic N) is 3. The number of hydrogen-bond donors (Lipinski definition) is 2. The van der Waals surface area contributed by atoms with Crippen LogP contribution in [0.1, 0.15) is 65.7 Å². The number of carbonyl (C=O) groups excluding carboxylic acids is 3. The predicted octanol–water partition coefficient (Wildman–Crippen LogP) is 2.82. The second-order valence-electron chi connectivity index (χ2n) is 8.29. The van der Waals surface area contributed by atoms with Gasteiger partial charge in [0.25, 0.3) is 5.91 Å². The first-order valence-corrected chi connectivity index (χ1v) is 10.2. The van der Waals surface area contributed by atoms with Crippen LogP contribution in [-0.4, -0.2) is 45.4 Å². The van der Waals surface area contributed by atoms with Crippen LogP contribution in [0.15, 0.2) is 12.4 Å². The van der Waals surface area contributed by atoms with Gasteiger partial charge in [-0.25, -0.2) is 14.0 Å². The van der Waals surface area contributed by atoms with Gasteiger partial charge in [0.2, 0.25) is 0 Å². The maximum atomic E-state index is 14.5. The number of nitrogens with one attached hydrogen (secondary N) is 2. The molecule has 10 nitrogen and oxygen atoms in total. The van der Waals surface area contributed by atoms with Gasteiger partial charge in [0.1, 0.15) is 16.7 Å². The first kappa shape index (κ1) is 23.2. The van der Waals surface area contributed by atoms with E-state index in [0.717, 1.165) is 30.9 Å². The van der Waals surface area contributed by atoms with Gasteiger partial charge in [0.05, 0.1) is 43.1 Å². The van der Waals surface area contributed by atoms with E-state index in [9.17, 15) is 18.8 Å². The van der Waals surface area contributed by atoms with Gasteiger partial charge in [-0.05, 0) is 40.0 Å². The van der Waals surface area contributed by atoms with Crippen molar-refractivity contribution in [2.45, 2.75) is 58.7 Å². The lowest BCUT2D eigenvalue weighted by atomic mass is 10.0. The number of anilines is 1. The third-order valence-corrected chi connectivity index (χ3v) is 4.73. The summed E-state index contributed by atoms with van der Waals surface area (Å²) in [7, 11) is 1.28. The second kappa shape index (κ2) is 9.33. The molecule has 0 unspecified atom stereocenters. The molecule has 3 rings (SSSR count). The van der Waals surface area contributed by atoms with Gasteiger partial charge in [-0.3, -0.25) is 19.8 Å². The number of carbonyl (C=O) groups is 3. The molecule has 2 N–H and O–H groups in total. The zero-order chi connectivity index (χ0) is 23.5. The highest BCUT2D eigenvalue weighted by Gasteiger charge is 2.27. The molecule has 0 spiro atoms. The Morgan fingerprint density at radius 1 is 1.19 bits per heavy atom. The zero-order valence-electron chi connectivity index (χ0n) is 18.5. The molecule has 1 aliphatic heterocycles. The molecule has 0 atom stereocenters. The van der Waals surface area contributed by atoms with Gasteiger partial charge in [0, 0.05) is 6.54 Å². The van der Waals surface area contributed by atoms with Crippen LogP contribution in [0, 0.1) is 5.82 Å². The van der Waals surface area contributed by atoms with Crippen LogP contribution in [0.25, 0.3) is 0 Å². The van der Waals surface area contributed by atoms with Crippen LogP contribution in [0.5, 0.6) is 0 Å². The Hall–Kier alpha value is -3.50. The highest BCUT2D eigenvalue weighted by Crippen LogP contribution is 2.23. The molecule has 0 bridgehead atoms. The van der Waals surface area contributed by atoms with Gasteiger partial charge in [-0.1, -0.05) is 0 Å². The number of rotatable bonds is 5. The smallest absolute Gasteiger partial charge is 0.412 e. The van der Waals surface area contributed by atoms with Crippen molar-refractivity contribution in [2.24, 2.45) is 0 Å². The molecule has 1 aliphatic rings. The van der Waals surface area contributed by atoms with Crippen LogP contribution in [0.4, 0.5) is 14.9 Å². The van der Waals surface area contributed by atoms with Crippen LogP contribution < -0.4 is 10.6 Å². The van der Waals surface area contributed by atoms with Crippen molar-refractivity contribution in [3.8, 4) is 0 Å². The van der Waals surface area contributed by atoms with Crippen LogP contribution in [-0.2, 0) is 29.0 Å². The van der Waals surface area contributed by atoms with E-state index < -0.39 is 35.0 Å². The molecule has 0 saturated heterocycles. The fourth-order valence-electron chi connectivity index (χ4n) is 3.43. The Bertz CT molecular complexity index is 1040. The number of aryl methyl sites for hydroxylation is 1. The van der Waals surface area contributed by atoms with E-state index >= 15 is 0 Å². The molecule has 2 amide bonds. The summed E-state index contributed by atoms with van der Waals surface area (Å²) in [6, 6.07) is 0. The summed E-state index contributed by atoms with van der Waals surface area (Å²) in [4.78, 5) is 40.9. The minimum absolute atomic E-state index is 0.128. The molecule has 11 heteroatoms. The van der Waals surface area contributed by atoms with Gasteiger partial charge in [-0.15, -0.1) is 0 Å². The molecule has 0 aromatic carbocycles. The number of fused-ring (bicyclic) bond motifs is 1. The van der Waals surface area contributed by atoms with Crippen molar-refractivity contribution >= 4 is 23.7 Å². The number of halogens is 1. The lowest BCUT2D eigenvalue weighted by Gasteiger charge is -2.20. The lowest BCUT2D eigenvalue weighted by Crippen LogP contribution is -2.30. The van der Waals surface area contributed by atoms with E-state index in [0.29, 0.717) is 24.2 Å². The summed E-state index contributed by atoms with van der Waals surface area (Å²) in [5.74, 6) is -2.27. The number of pyridine rings is 1. The maximum absolute atomic E-state index is 14.5. The number of aromatic nitrogens is 3. The van der Waals surface area contributed by atoms with Crippen LogP contribution >= 0.6 is 0 Å². The number of methoxy groups -OCH3 is 1. The average molecular weight is 447 g/mol. The van der Waals surface area contributed by atoms with Crippen molar-refractivity contribution in [2.75, 3.05) is 12.4 Å². The molecular formula is C21H26FN5O5. The Kier molecular flexibility index (Phi) is 6.75. The molecule has 2 aromatic rings. The average Bonchev–Trinajstić information content (AvgIpc) is 3.08. The van der Waals surface area contributed by atoms with E-state index in [1.54, 1.807) is 25.5 Å². The number of hydrogen-bond acceptors (Lipinski definition) is 7. The van der Waals surface area contributed by atoms with Gasteiger partial charge < -0.3 is 14.8 Å². The monoisotopic (exact) mass is 447 g/mol. The van der Waals surface area contributed by atoms with Crippen LogP contribution in [0.2, 0.25) is 0 Å². The highest BCUT2D eigenvalue weighted by molar-refractivity contribution is 6.02. The zero-order valence-corrected chi connectivity index (χ0v) is 18.5. The normalized spacial score (nSPS) is 13.2. The number of amides is 2. The number of ether oxygens (including phenoxy) is 2. The van der Waals surface area contributed by atoms with E-state index in [1.807, 2.05) is 0 Å². The van der Waals surface area contributed by atoms with Crippen molar-refractivity contribution in [3.05, 3.63) is 40.7 Å². The molecule has 0 saturated carbocycles. The van der Waals surface area contributed by atoms with Crippen molar-refractivity contribution in [1.29, 1.82) is 0 Å². The third-order valence-electron chi connectivity index (χ3n) is 4.73. The quantitative estimate of drug-likeness (QED) is 0.675. The fraction of sp³-hybridized carbons (Fsp3) is 0.476. The third kappa shape index (κ3) is 5.21. The van der Waals surface area contributed by atoms with E-state index in [2.05, 4.69) is 20.7 Å². The van der Waals surface area contributed by atoms with Crippen LogP contribution in [0.3, 0.4) is 0 Å². The highest BCUT2D eigenvalue weighted by atomic mass is 19.1. The van der Waals surface area contributed by atoms with Gasteiger partial charge in [0.15, 0.2) is 5.82 Å². The Labute approximate surface area is 184 Å². The molecule has 0 radical (unpaired) electrons. The SMILES string of the molecule is COC(=O)c1c(CNC(=O)c2c(F)cncc2NC(=O)OC(C)(C)C)nn2c1CCCC2. The minimum Gasteiger partial charge on any atom is -0.465 e. The summed E-state index contributed by atoms with van der Waals surface area (Å²) < 4.78 is 26.2. The second-order valence-corrected chi connectivity index (χ2v) is 8.29. The van der Waals surface area contributed by atoms with E-state index in [4.69, 9.17) is 9.47 Å². The molecule has 2 aromatic heterocycles. The van der Waals surface area contributed by atoms with E-state index in [1.165, 1.54) is 7.11 Å². The topological polar surface area (TPSA) is 124 Å². The Morgan fingerprint density at radius 2 is 1.94 bits per heavy atom.